The molecule has 144 valence electrons. The van der Waals surface area contributed by atoms with E-state index in [1.807, 2.05) is 24.0 Å². The van der Waals surface area contributed by atoms with Crippen LogP contribution < -0.4 is 10.6 Å². The number of rotatable bonds is 5. The molecular weight excluding hydrogens is 340 g/mol. The van der Waals surface area contributed by atoms with Gasteiger partial charge in [0.25, 0.3) is 0 Å². The van der Waals surface area contributed by atoms with Crippen molar-refractivity contribution in [3.05, 3.63) is 48.3 Å². The molecule has 3 rings (SSSR count). The Morgan fingerprint density at radius 2 is 2.00 bits per heavy atom. The predicted molar refractivity (Wildman–Crippen MR) is 107 cm³/mol. The molecule has 27 heavy (non-hydrogen) atoms. The lowest BCUT2D eigenvalue weighted by Crippen LogP contribution is -2.45. The van der Waals surface area contributed by atoms with E-state index in [2.05, 4.69) is 49.9 Å². The van der Waals surface area contributed by atoms with Crippen LogP contribution in [-0.4, -0.2) is 53.7 Å². The summed E-state index contributed by atoms with van der Waals surface area (Å²) in [5.41, 5.74) is 2.24. The highest BCUT2D eigenvalue weighted by Gasteiger charge is 2.22. The zero-order valence-corrected chi connectivity index (χ0v) is 16.1. The van der Waals surface area contributed by atoms with Crippen molar-refractivity contribution in [2.24, 2.45) is 10.9 Å². The normalized spacial score (nSPS) is 15.6. The van der Waals surface area contributed by atoms with Gasteiger partial charge in [-0.25, -0.2) is 4.68 Å². The minimum absolute atomic E-state index is 0.134. The number of amides is 1. The maximum Gasteiger partial charge on any atom is 0.220 e. The molecule has 0 aliphatic carbocycles. The second-order valence-electron chi connectivity index (χ2n) is 6.83. The highest BCUT2D eigenvalue weighted by molar-refractivity contribution is 5.80. The molecule has 1 aliphatic rings. The van der Waals surface area contributed by atoms with Gasteiger partial charge in [-0.2, -0.15) is 5.10 Å². The number of nitrogens with zero attached hydrogens (tertiary/aromatic N) is 4. The maximum atomic E-state index is 11.5. The van der Waals surface area contributed by atoms with Crippen molar-refractivity contribution >= 4 is 11.9 Å². The van der Waals surface area contributed by atoms with Crippen LogP contribution in [0.4, 0.5) is 0 Å². The number of aromatic nitrogens is 2. The van der Waals surface area contributed by atoms with Gasteiger partial charge in [0.2, 0.25) is 5.91 Å². The first kappa shape index (κ1) is 18.9. The Hall–Kier alpha value is -2.83. The van der Waals surface area contributed by atoms with Gasteiger partial charge in [0.15, 0.2) is 5.96 Å². The number of likely N-dealkylation sites (tertiary alicyclic amines) is 1. The molecule has 0 radical (unpaired) electrons. The van der Waals surface area contributed by atoms with E-state index < -0.39 is 0 Å². The number of aliphatic imine (C=N–C) groups is 1. The summed E-state index contributed by atoms with van der Waals surface area (Å²) in [5, 5.41) is 10.4. The molecule has 1 amide bonds. The quantitative estimate of drug-likeness (QED) is 0.623. The molecule has 1 saturated heterocycles. The first-order chi connectivity index (χ1) is 13.2. The van der Waals surface area contributed by atoms with Crippen molar-refractivity contribution < 1.29 is 4.79 Å². The smallest absolute Gasteiger partial charge is 0.220 e. The number of hydrogen-bond donors (Lipinski definition) is 2. The molecule has 1 fully saturated rings. The monoisotopic (exact) mass is 368 g/mol. The fourth-order valence-electron chi connectivity index (χ4n) is 3.41. The maximum absolute atomic E-state index is 11.5. The minimum atomic E-state index is 0.134. The fourth-order valence-corrected chi connectivity index (χ4v) is 3.41. The van der Waals surface area contributed by atoms with Crippen molar-refractivity contribution in [2.75, 3.05) is 27.2 Å². The van der Waals surface area contributed by atoms with Crippen LogP contribution in [0, 0.1) is 5.92 Å². The van der Waals surface area contributed by atoms with E-state index in [-0.39, 0.29) is 5.91 Å². The average molecular weight is 368 g/mol. The fraction of sp³-hybridized carbons (Fsp3) is 0.450. The third-order valence-electron chi connectivity index (χ3n) is 5.03. The Morgan fingerprint density at radius 1 is 1.26 bits per heavy atom. The van der Waals surface area contributed by atoms with Crippen LogP contribution in [0.1, 0.15) is 24.8 Å². The van der Waals surface area contributed by atoms with Crippen LogP contribution in [-0.2, 0) is 11.3 Å². The van der Waals surface area contributed by atoms with E-state index in [0.29, 0.717) is 12.3 Å². The van der Waals surface area contributed by atoms with Crippen molar-refractivity contribution in [1.29, 1.82) is 0 Å². The van der Waals surface area contributed by atoms with E-state index in [9.17, 15) is 4.79 Å². The molecule has 2 N–H and O–H groups in total. The lowest BCUT2D eigenvalue weighted by Gasteiger charge is -2.34. The van der Waals surface area contributed by atoms with E-state index in [4.69, 9.17) is 0 Å². The van der Waals surface area contributed by atoms with Crippen molar-refractivity contribution in [3.63, 3.8) is 0 Å². The summed E-state index contributed by atoms with van der Waals surface area (Å²) >= 11 is 0. The highest BCUT2D eigenvalue weighted by Crippen LogP contribution is 2.20. The first-order valence-corrected chi connectivity index (χ1v) is 9.44. The second kappa shape index (κ2) is 9.21. The van der Waals surface area contributed by atoms with Gasteiger partial charge in [0.05, 0.1) is 5.69 Å². The molecule has 7 nitrogen and oxygen atoms in total. The second-order valence-corrected chi connectivity index (χ2v) is 6.83. The Balaban J connectivity index is 1.49. The van der Waals surface area contributed by atoms with E-state index in [1.165, 1.54) is 5.56 Å². The van der Waals surface area contributed by atoms with Gasteiger partial charge in [-0.1, -0.05) is 12.1 Å². The zero-order valence-electron chi connectivity index (χ0n) is 16.1. The van der Waals surface area contributed by atoms with Crippen LogP contribution >= 0.6 is 0 Å². The Bertz CT molecular complexity index is 745. The summed E-state index contributed by atoms with van der Waals surface area (Å²) in [7, 11) is 3.52. The molecule has 0 atom stereocenters. The molecule has 1 aliphatic heterocycles. The third-order valence-corrected chi connectivity index (χ3v) is 5.03. The molecule has 2 aromatic rings. The Morgan fingerprint density at radius 3 is 2.59 bits per heavy atom. The Kier molecular flexibility index (Phi) is 6.46. The van der Waals surface area contributed by atoms with Gasteiger partial charge in [0.1, 0.15) is 0 Å². The predicted octanol–water partition coefficient (Wildman–Crippen LogP) is 1.80. The number of carbonyl (C=O) groups is 1. The van der Waals surface area contributed by atoms with E-state index >= 15 is 0 Å². The SMILES string of the molecule is CN=C(NCc1ccc(-n2cccn2)cc1)N1CCC(CC(=O)NC)CC1. The van der Waals surface area contributed by atoms with Gasteiger partial charge in [-0.3, -0.25) is 9.79 Å². The first-order valence-electron chi connectivity index (χ1n) is 9.44. The molecule has 7 heteroatoms. The lowest BCUT2D eigenvalue weighted by atomic mass is 9.93. The summed E-state index contributed by atoms with van der Waals surface area (Å²) in [4.78, 5) is 18.2. The summed E-state index contributed by atoms with van der Waals surface area (Å²) in [6.07, 6.45) is 6.37. The summed E-state index contributed by atoms with van der Waals surface area (Å²) in [6.45, 7) is 2.59. The van der Waals surface area contributed by atoms with Crippen LogP contribution in [0.5, 0.6) is 0 Å². The summed E-state index contributed by atoms with van der Waals surface area (Å²) in [6, 6.07) is 10.3. The van der Waals surface area contributed by atoms with E-state index in [0.717, 1.165) is 44.1 Å². The summed E-state index contributed by atoms with van der Waals surface area (Å²) in [5.74, 6) is 1.52. The van der Waals surface area contributed by atoms with Gasteiger partial charge < -0.3 is 15.5 Å². The highest BCUT2D eigenvalue weighted by atomic mass is 16.1. The number of carbonyl (C=O) groups excluding carboxylic acids is 1. The average Bonchev–Trinajstić information content (AvgIpc) is 3.25. The number of guanidine groups is 1. The lowest BCUT2D eigenvalue weighted by molar-refractivity contribution is -0.121. The summed E-state index contributed by atoms with van der Waals surface area (Å²) < 4.78 is 1.85. The minimum Gasteiger partial charge on any atom is -0.359 e. The number of piperidine rings is 1. The molecule has 0 unspecified atom stereocenters. The molecule has 1 aromatic carbocycles. The van der Waals surface area contributed by atoms with Crippen LogP contribution in [0.25, 0.3) is 5.69 Å². The van der Waals surface area contributed by atoms with Gasteiger partial charge in [-0.15, -0.1) is 0 Å². The largest absolute Gasteiger partial charge is 0.359 e. The number of benzene rings is 1. The molecule has 2 heterocycles. The van der Waals surface area contributed by atoms with E-state index in [1.54, 1.807) is 13.2 Å². The number of hydrogen-bond acceptors (Lipinski definition) is 3. The van der Waals surface area contributed by atoms with Crippen LogP contribution in [0.3, 0.4) is 0 Å². The molecule has 0 saturated carbocycles. The molecule has 0 spiro atoms. The van der Waals surface area contributed by atoms with Gasteiger partial charge in [0, 0.05) is 52.5 Å². The Labute approximate surface area is 160 Å². The topological polar surface area (TPSA) is 74.5 Å². The van der Waals surface area contributed by atoms with Crippen molar-refractivity contribution in [1.82, 2.24) is 25.3 Å². The van der Waals surface area contributed by atoms with Gasteiger partial charge in [-0.05, 0) is 42.5 Å². The third kappa shape index (κ3) is 5.09. The molecule has 1 aromatic heterocycles. The van der Waals surface area contributed by atoms with Gasteiger partial charge >= 0.3 is 0 Å². The molecule has 0 bridgehead atoms. The van der Waals surface area contributed by atoms with Crippen LogP contribution in [0.2, 0.25) is 0 Å². The molecular formula is C20H28N6O. The van der Waals surface area contributed by atoms with Crippen molar-refractivity contribution in [3.8, 4) is 5.69 Å². The zero-order chi connectivity index (χ0) is 19.1. The number of nitrogens with one attached hydrogen (secondary N) is 2. The van der Waals surface area contributed by atoms with Crippen molar-refractivity contribution in [2.45, 2.75) is 25.8 Å². The van der Waals surface area contributed by atoms with Crippen LogP contribution in [0.15, 0.2) is 47.7 Å². The standard InChI is InChI=1S/C20H28N6O/c1-21-19(27)14-16-8-12-25(13-9-16)20(22-2)23-15-17-4-6-18(7-5-17)26-11-3-10-24-26/h3-7,10-11,16H,8-9,12-15H2,1-2H3,(H,21,27)(H,22,23).